The van der Waals surface area contributed by atoms with Crippen LogP contribution in [0.1, 0.15) is 28.3 Å². The predicted molar refractivity (Wildman–Crippen MR) is 240 cm³/mol. The van der Waals surface area contributed by atoms with E-state index < -0.39 is 0 Å². The molecule has 3 aromatic heterocycles. The van der Waals surface area contributed by atoms with E-state index in [9.17, 15) is 0 Å². The largest absolute Gasteiger partial charge is 0.355 e. The lowest BCUT2D eigenvalue weighted by Crippen LogP contribution is -1.95. The van der Waals surface area contributed by atoms with Crippen LogP contribution in [-0.4, -0.2) is 19.9 Å². The van der Waals surface area contributed by atoms with E-state index in [1.165, 1.54) is 0 Å². The average Bonchev–Trinajstić information content (AvgIpc) is 3.94. The Morgan fingerprint density at radius 1 is 0.393 bits per heavy atom. The van der Waals surface area contributed by atoms with Gasteiger partial charge in [0.2, 0.25) is 0 Å². The van der Waals surface area contributed by atoms with Gasteiger partial charge in [-0.05, 0) is 97.1 Å². The molecule has 12 heteroatoms. The zero-order valence-corrected chi connectivity index (χ0v) is 34.5. The van der Waals surface area contributed by atoms with Crippen LogP contribution in [0.3, 0.4) is 0 Å². The molecule has 8 bridgehead atoms. The number of aromatic nitrogens is 4. The predicted octanol–water partition coefficient (Wildman–Crippen LogP) is 16.3. The number of rotatable bonds is 4. The molecule has 9 rings (SSSR count). The molecule has 5 heterocycles. The van der Waals surface area contributed by atoms with Crippen LogP contribution >= 0.6 is 92.8 Å². The summed E-state index contributed by atoms with van der Waals surface area (Å²) in [7, 11) is 0. The zero-order chi connectivity index (χ0) is 38.8. The number of H-pyrrole nitrogens is 2. The van der Waals surface area contributed by atoms with E-state index in [1.807, 2.05) is 72.8 Å². The third-order valence-electron chi connectivity index (χ3n) is 9.44. The number of nitrogens with zero attached hydrogens (tertiary/aromatic N) is 2. The van der Waals surface area contributed by atoms with Crippen LogP contribution in [0.5, 0.6) is 0 Å². The monoisotopic (exact) mass is 886 g/mol. The fourth-order valence-electron chi connectivity index (χ4n) is 7.06. The van der Waals surface area contributed by atoms with E-state index >= 15 is 0 Å². The number of nitrogens with one attached hydrogen (secondary N) is 2. The Morgan fingerprint density at radius 3 is 1.39 bits per heavy atom. The Morgan fingerprint density at radius 2 is 0.857 bits per heavy atom. The minimum atomic E-state index is 0.384. The van der Waals surface area contributed by atoms with Crippen LogP contribution in [0, 0.1) is 0 Å². The minimum Gasteiger partial charge on any atom is -0.355 e. The Hall–Kier alpha value is -4.20. The molecular weight excluding hydrogens is 868 g/mol. The molecule has 0 amide bonds. The van der Waals surface area contributed by atoms with Crippen molar-refractivity contribution in [2.45, 2.75) is 0 Å². The van der Waals surface area contributed by atoms with Crippen molar-refractivity contribution in [3.63, 3.8) is 0 Å². The maximum absolute atomic E-state index is 7.19. The molecule has 2 aliphatic rings. The molecule has 7 aromatic rings. The molecule has 0 saturated carbocycles. The van der Waals surface area contributed by atoms with Crippen molar-refractivity contribution in [3.8, 4) is 33.4 Å². The van der Waals surface area contributed by atoms with Gasteiger partial charge in [-0.3, -0.25) is 0 Å². The topological polar surface area (TPSA) is 57.4 Å². The molecule has 2 N–H and O–H groups in total. The van der Waals surface area contributed by atoms with E-state index in [0.29, 0.717) is 102 Å². The lowest BCUT2D eigenvalue weighted by atomic mass is 9.91. The molecule has 0 atom stereocenters. The van der Waals surface area contributed by atoms with Gasteiger partial charge in [0.15, 0.2) is 0 Å². The maximum atomic E-state index is 7.19. The van der Waals surface area contributed by atoms with Crippen molar-refractivity contribution in [3.05, 3.63) is 172 Å². The van der Waals surface area contributed by atoms with Crippen LogP contribution in [-0.2, 0) is 0 Å². The van der Waals surface area contributed by atoms with Crippen molar-refractivity contribution in [2.24, 2.45) is 0 Å². The molecule has 4 aromatic carbocycles. The van der Waals surface area contributed by atoms with Crippen molar-refractivity contribution < 1.29 is 0 Å². The highest BCUT2D eigenvalue weighted by molar-refractivity contribution is 6.40. The first-order valence-corrected chi connectivity index (χ1v) is 20.0. The van der Waals surface area contributed by atoms with Gasteiger partial charge in [0, 0.05) is 96.2 Å². The molecule has 2 aliphatic heterocycles. The lowest BCUT2D eigenvalue weighted by Gasteiger charge is -2.15. The highest BCUT2D eigenvalue weighted by Gasteiger charge is 2.28. The fraction of sp³-hybridized carbons (Fsp3) is 0. The Labute approximate surface area is 360 Å². The molecule has 274 valence electrons. The van der Waals surface area contributed by atoms with E-state index in [2.05, 4.69) is 9.97 Å². The highest BCUT2D eigenvalue weighted by atomic mass is 35.5. The molecule has 0 spiro atoms. The van der Waals surface area contributed by atoms with Crippen molar-refractivity contribution in [1.82, 2.24) is 19.9 Å². The Kier molecular flexibility index (Phi) is 9.98. The molecule has 56 heavy (non-hydrogen) atoms. The second kappa shape index (κ2) is 14.9. The molecular formula is C44H22Cl8N4. The molecule has 0 unspecified atom stereocenters. The molecule has 0 aliphatic carbocycles. The third-order valence-corrected chi connectivity index (χ3v) is 11.6. The van der Waals surface area contributed by atoms with Gasteiger partial charge < -0.3 is 9.97 Å². The number of fused-ring (bicyclic) bond motifs is 8. The summed E-state index contributed by atoms with van der Waals surface area (Å²) in [6, 6.07) is 31.4. The smallest absolute Gasteiger partial charge is 0.0816 e. The van der Waals surface area contributed by atoms with Crippen molar-refractivity contribution >= 4 is 139 Å². The van der Waals surface area contributed by atoms with Gasteiger partial charge in [-0.1, -0.05) is 117 Å². The zero-order valence-electron chi connectivity index (χ0n) is 28.5. The average molecular weight is 890 g/mol. The highest BCUT2D eigenvalue weighted by Crippen LogP contribution is 2.50. The number of benzene rings is 4. The number of halogens is 8. The van der Waals surface area contributed by atoms with Gasteiger partial charge in [-0.25, -0.2) is 9.97 Å². The maximum Gasteiger partial charge on any atom is 0.0816 e. The molecule has 0 radical (unpaired) electrons. The van der Waals surface area contributed by atoms with E-state index in [4.69, 9.17) is 103 Å². The van der Waals surface area contributed by atoms with Crippen LogP contribution in [0.15, 0.2) is 103 Å². The molecule has 0 fully saturated rings. The van der Waals surface area contributed by atoms with Gasteiger partial charge in [0.1, 0.15) is 0 Å². The van der Waals surface area contributed by atoms with Gasteiger partial charge >= 0.3 is 0 Å². The lowest BCUT2D eigenvalue weighted by molar-refractivity contribution is 1.30. The van der Waals surface area contributed by atoms with E-state index in [0.717, 1.165) is 27.9 Å². The van der Waals surface area contributed by atoms with Gasteiger partial charge in [0.25, 0.3) is 0 Å². The fourth-order valence-corrected chi connectivity index (χ4v) is 9.08. The van der Waals surface area contributed by atoms with E-state index in [-0.39, 0.29) is 0 Å². The normalized spacial score (nSPS) is 12.3. The summed E-state index contributed by atoms with van der Waals surface area (Å²) in [6.07, 6.45) is 5.90. The summed E-state index contributed by atoms with van der Waals surface area (Å²) in [5, 5.41) is 3.56. The Balaban J connectivity index is 1.58. The van der Waals surface area contributed by atoms with E-state index in [1.54, 1.807) is 48.5 Å². The summed E-state index contributed by atoms with van der Waals surface area (Å²) >= 11 is 54.4. The second-order valence-electron chi connectivity index (χ2n) is 13.1. The van der Waals surface area contributed by atoms with Gasteiger partial charge in [-0.2, -0.15) is 0 Å². The summed E-state index contributed by atoms with van der Waals surface area (Å²) in [4.78, 5) is 17.5. The van der Waals surface area contributed by atoms with Crippen LogP contribution in [0.4, 0.5) is 0 Å². The van der Waals surface area contributed by atoms with Crippen molar-refractivity contribution in [1.29, 1.82) is 0 Å². The van der Waals surface area contributed by atoms with Gasteiger partial charge in [-0.15, -0.1) is 0 Å². The number of aromatic amines is 2. The first-order chi connectivity index (χ1) is 27.0. The summed E-state index contributed by atoms with van der Waals surface area (Å²) in [5.41, 5.74) is 11.2. The summed E-state index contributed by atoms with van der Waals surface area (Å²) in [5.74, 6) is 0. The second-order valence-corrected chi connectivity index (χ2v) is 16.5. The molecule has 0 saturated heterocycles. The van der Waals surface area contributed by atoms with Crippen LogP contribution in [0.2, 0.25) is 40.2 Å². The van der Waals surface area contributed by atoms with Crippen molar-refractivity contribution in [2.75, 3.05) is 0 Å². The van der Waals surface area contributed by atoms with Crippen LogP contribution < -0.4 is 0 Å². The third kappa shape index (κ3) is 7.04. The number of hydrogen-bond donors (Lipinski definition) is 2. The van der Waals surface area contributed by atoms with Crippen LogP contribution in [0.25, 0.3) is 79.2 Å². The number of hydrogen-bond acceptors (Lipinski definition) is 2. The first kappa shape index (κ1) is 37.4. The summed E-state index contributed by atoms with van der Waals surface area (Å²) < 4.78 is 0. The SMILES string of the molecule is Clc1ccc(C2=Cc3cc4ccc(cc5nc(cc6[nH]c(c(-c7ccc(Cl)cc7Cl)c2n3)c(-c2ccc(Cl)cc2Cl)c6-c2ccc(Cl)cc2Cl)C=C5)[nH]4)c(Cl)c1. The Bertz CT molecular complexity index is 3030. The van der Waals surface area contributed by atoms with Gasteiger partial charge in [0.05, 0.1) is 33.3 Å². The standard InChI is InChI=1S/C44H22Cl8N4/c45-21-1-9-30(35(49)13-21)34-19-29-18-27-6-5-25(53-27)17-26-7-8-28(54-26)20-39-40(31-10-2-22(46)14-36(31)50)41(32-11-3-23(47)15-37(32)51)44(56-39)42(43(34)55-29)33-12-4-24(48)16-38(33)52/h1-20,53,56H. The quantitative estimate of drug-likeness (QED) is 0.185. The minimum absolute atomic E-state index is 0.384. The summed E-state index contributed by atoms with van der Waals surface area (Å²) in [6.45, 7) is 0. The molecule has 4 nitrogen and oxygen atoms in total. The first-order valence-electron chi connectivity index (χ1n) is 17.0.